The van der Waals surface area contributed by atoms with Crippen LogP contribution in [0.3, 0.4) is 0 Å². The van der Waals surface area contributed by atoms with E-state index in [1.54, 1.807) is 19.1 Å². The molecule has 0 N–H and O–H groups in total. The van der Waals surface area contributed by atoms with Crippen molar-refractivity contribution in [1.82, 2.24) is 0 Å². The van der Waals surface area contributed by atoms with E-state index in [1.807, 2.05) is 0 Å². The number of halogens is 2. The van der Waals surface area contributed by atoms with Crippen LogP contribution in [0.1, 0.15) is 6.92 Å². The summed E-state index contributed by atoms with van der Waals surface area (Å²) in [6.07, 6.45) is 4.88. The van der Waals surface area contributed by atoms with E-state index in [4.69, 9.17) is 0 Å². The van der Waals surface area contributed by atoms with E-state index < -0.39 is 0 Å². The van der Waals surface area contributed by atoms with Crippen LogP contribution in [0.4, 0.5) is 4.39 Å². The van der Waals surface area contributed by atoms with Crippen molar-refractivity contribution in [3.8, 4) is 0 Å². The van der Waals surface area contributed by atoms with Gasteiger partial charge < -0.3 is 12.4 Å². The zero-order chi connectivity index (χ0) is 6.85. The Kier molecular flexibility index (Phi) is 7.04. The Hall–Kier alpha value is 0.0634. The first-order valence-electron chi connectivity index (χ1n) is 2.79. The van der Waals surface area contributed by atoms with Gasteiger partial charge in [0, 0.05) is 19.5 Å². The Balaban J connectivity index is 0. The molecule has 0 aliphatic heterocycles. The fraction of sp³-hybridized carbons (Fsp3) is 0.125. The van der Waals surface area contributed by atoms with Crippen molar-refractivity contribution in [2.75, 3.05) is 0 Å². The zero-order valence-corrected chi connectivity index (χ0v) is 10.1. The van der Waals surface area contributed by atoms with Crippen LogP contribution >= 0.6 is 0 Å². The second kappa shape index (κ2) is 5.68. The molecule has 0 fully saturated rings. The molecule has 0 spiro atoms. The minimum absolute atomic E-state index is 0. The molecule has 1 rings (SSSR count). The molecule has 0 aromatic heterocycles. The number of rotatable bonds is 0. The molecule has 0 atom stereocenters. The van der Waals surface area contributed by atoms with Gasteiger partial charge >= 0.3 is 0 Å². The summed E-state index contributed by atoms with van der Waals surface area (Å²) < 4.78 is 12.5. The van der Waals surface area contributed by atoms with Gasteiger partial charge in [-0.3, -0.25) is 0 Å². The Labute approximate surface area is 85.4 Å². The second-order valence-corrected chi connectivity index (χ2v) is 2.02. The molecule has 0 nitrogen and oxygen atoms in total. The molecule has 0 bridgehead atoms. The van der Waals surface area contributed by atoms with E-state index in [0.29, 0.717) is 5.92 Å². The average Bonchev–Trinajstić information content (AvgIpc) is 1.83. The Morgan fingerprint density at radius 1 is 1.45 bits per heavy atom. The molecule has 57 valence electrons. The normalized spacial score (nSPS) is 16.5. The maximum atomic E-state index is 12.5. The van der Waals surface area contributed by atoms with Gasteiger partial charge in [0.25, 0.3) is 0 Å². The zero-order valence-electron chi connectivity index (χ0n) is 6.40. The predicted octanol–water partition coefficient (Wildman–Crippen LogP) is -0.438. The summed E-state index contributed by atoms with van der Waals surface area (Å²) in [5.74, 6) is 0.458. The first-order chi connectivity index (χ1) is 4.22. The van der Waals surface area contributed by atoms with E-state index in [0.717, 1.165) is 5.57 Å². The Morgan fingerprint density at radius 3 is 2.36 bits per heavy atom. The SMILES string of the molecule is C=C1C=CC=C(F)[C]1C.[Cl-].[Zn]. The summed E-state index contributed by atoms with van der Waals surface area (Å²) >= 11 is 0. The molecule has 1 aliphatic carbocycles. The van der Waals surface area contributed by atoms with Crippen molar-refractivity contribution in [3.05, 3.63) is 42.1 Å². The number of hydrogen-bond acceptors (Lipinski definition) is 0. The molecule has 0 heterocycles. The third kappa shape index (κ3) is 3.31. The van der Waals surface area contributed by atoms with Gasteiger partial charge in [0.1, 0.15) is 5.83 Å². The number of hydrogen-bond donors (Lipinski definition) is 0. The molecule has 0 saturated carbocycles. The van der Waals surface area contributed by atoms with Gasteiger partial charge in [0.05, 0.1) is 5.92 Å². The van der Waals surface area contributed by atoms with E-state index in [9.17, 15) is 4.39 Å². The summed E-state index contributed by atoms with van der Waals surface area (Å²) in [5.41, 5.74) is 0.759. The monoisotopic (exact) mass is 222 g/mol. The van der Waals surface area contributed by atoms with Gasteiger partial charge in [-0.05, 0) is 18.6 Å². The smallest absolute Gasteiger partial charge is 0.111 e. The molecule has 0 unspecified atom stereocenters. The first-order valence-corrected chi connectivity index (χ1v) is 2.79. The van der Waals surface area contributed by atoms with Crippen LogP contribution in [-0.4, -0.2) is 0 Å². The topological polar surface area (TPSA) is 0 Å². The second-order valence-electron chi connectivity index (χ2n) is 2.02. The van der Waals surface area contributed by atoms with Crippen LogP contribution < -0.4 is 12.4 Å². The van der Waals surface area contributed by atoms with Gasteiger partial charge in [-0.15, -0.1) is 0 Å². The molecule has 0 amide bonds. The minimum atomic E-state index is -0.178. The molecular formula is C8H8ClFZn-. The van der Waals surface area contributed by atoms with Crippen LogP contribution in [0.2, 0.25) is 0 Å². The predicted molar refractivity (Wildman–Crippen MR) is 36.4 cm³/mol. The van der Waals surface area contributed by atoms with Crippen molar-refractivity contribution in [1.29, 1.82) is 0 Å². The van der Waals surface area contributed by atoms with Crippen molar-refractivity contribution in [2.24, 2.45) is 0 Å². The third-order valence-electron chi connectivity index (χ3n) is 1.38. The van der Waals surface area contributed by atoms with Crippen LogP contribution in [0.15, 0.2) is 36.2 Å². The molecule has 0 aromatic rings. The fourth-order valence-corrected chi connectivity index (χ4v) is 0.652. The quantitative estimate of drug-likeness (QED) is 0.489. The van der Waals surface area contributed by atoms with Crippen LogP contribution in [-0.2, 0) is 19.5 Å². The van der Waals surface area contributed by atoms with Crippen molar-refractivity contribution in [3.63, 3.8) is 0 Å². The third-order valence-corrected chi connectivity index (χ3v) is 1.38. The van der Waals surface area contributed by atoms with Crippen molar-refractivity contribution in [2.45, 2.75) is 6.92 Å². The molecule has 1 aliphatic rings. The van der Waals surface area contributed by atoms with Gasteiger partial charge in [0.15, 0.2) is 0 Å². The van der Waals surface area contributed by atoms with Gasteiger partial charge in [-0.1, -0.05) is 18.7 Å². The molecule has 3 heteroatoms. The van der Waals surface area contributed by atoms with Gasteiger partial charge in [-0.2, -0.15) is 0 Å². The minimum Gasteiger partial charge on any atom is -1.00 e. The van der Waals surface area contributed by atoms with E-state index in [1.165, 1.54) is 6.08 Å². The summed E-state index contributed by atoms with van der Waals surface area (Å²) in [6.45, 7) is 5.36. The fourth-order valence-electron chi connectivity index (χ4n) is 0.652. The van der Waals surface area contributed by atoms with Crippen molar-refractivity contribution < 1.29 is 36.3 Å². The largest absolute Gasteiger partial charge is 1.00 e. The number of allylic oxidation sites excluding steroid dienone is 5. The molecule has 11 heavy (non-hydrogen) atoms. The van der Waals surface area contributed by atoms with Crippen LogP contribution in [0.5, 0.6) is 0 Å². The average molecular weight is 224 g/mol. The Morgan fingerprint density at radius 2 is 2.00 bits per heavy atom. The van der Waals surface area contributed by atoms with E-state index >= 15 is 0 Å². The van der Waals surface area contributed by atoms with Gasteiger partial charge in [0.2, 0.25) is 0 Å². The summed E-state index contributed by atoms with van der Waals surface area (Å²) in [7, 11) is 0. The summed E-state index contributed by atoms with van der Waals surface area (Å²) in [6, 6.07) is 0. The van der Waals surface area contributed by atoms with E-state index in [-0.39, 0.29) is 37.7 Å². The Bertz CT molecular complexity index is 196. The molecule has 0 aromatic carbocycles. The summed E-state index contributed by atoms with van der Waals surface area (Å²) in [4.78, 5) is 0. The standard InChI is InChI=1S/C8H8F.ClH.Zn/c1-6-4-3-5-8(9)7(6)2;;/h3-5H,1H2,2H3;1H;/p-1. The maximum Gasteiger partial charge on any atom is 0.111 e. The van der Waals surface area contributed by atoms with Crippen LogP contribution in [0, 0.1) is 5.92 Å². The summed E-state index contributed by atoms with van der Waals surface area (Å²) in [5, 5.41) is 0. The maximum absolute atomic E-state index is 12.5. The van der Waals surface area contributed by atoms with E-state index in [2.05, 4.69) is 6.58 Å². The van der Waals surface area contributed by atoms with Crippen LogP contribution in [0.25, 0.3) is 0 Å². The molecular weight excluding hydrogens is 216 g/mol. The first kappa shape index (κ1) is 13.6. The van der Waals surface area contributed by atoms with Crippen molar-refractivity contribution >= 4 is 0 Å². The van der Waals surface area contributed by atoms with Gasteiger partial charge in [-0.25, -0.2) is 4.39 Å². The molecule has 1 radical (unpaired) electrons. The molecule has 0 saturated heterocycles.